The third-order valence-corrected chi connectivity index (χ3v) is 1.65. The number of rotatable bonds is 0. The summed E-state index contributed by atoms with van der Waals surface area (Å²) in [7, 11) is 0. The normalized spacial score (nSPS) is 13.7. The molecule has 1 aliphatic heterocycles. The Labute approximate surface area is 59.6 Å². The summed E-state index contributed by atoms with van der Waals surface area (Å²) in [5.74, 6) is 0. The molecule has 0 radical (unpaired) electrons. The van der Waals surface area contributed by atoms with Gasteiger partial charge >= 0.3 is 0 Å². The minimum Gasteiger partial charge on any atom is -0.288 e. The lowest BCUT2D eigenvalue weighted by atomic mass is 10.1. The average molecular weight is 132 g/mol. The standard InChI is InChI=1S/C8H8N2/c1-6-2-7-3-9-4-8(7)5-10-6/h2,4-5H,3H2,1H3. The van der Waals surface area contributed by atoms with Crippen LogP contribution in [0, 0.1) is 6.92 Å². The van der Waals surface area contributed by atoms with Crippen LogP contribution < -0.4 is 0 Å². The molecule has 1 aromatic rings. The summed E-state index contributed by atoms with van der Waals surface area (Å²) in [4.78, 5) is 8.29. The predicted molar refractivity (Wildman–Crippen MR) is 40.3 cm³/mol. The quantitative estimate of drug-likeness (QED) is 0.522. The summed E-state index contributed by atoms with van der Waals surface area (Å²) < 4.78 is 0. The van der Waals surface area contributed by atoms with Gasteiger partial charge in [-0.05, 0) is 18.6 Å². The van der Waals surface area contributed by atoms with Crippen molar-refractivity contribution in [3.05, 3.63) is 29.1 Å². The summed E-state index contributed by atoms with van der Waals surface area (Å²) in [5.41, 5.74) is 3.54. The van der Waals surface area contributed by atoms with Gasteiger partial charge in [0, 0.05) is 23.7 Å². The van der Waals surface area contributed by atoms with Crippen molar-refractivity contribution in [1.82, 2.24) is 4.98 Å². The van der Waals surface area contributed by atoms with Gasteiger partial charge in [-0.25, -0.2) is 0 Å². The number of aliphatic imine (C=N–C) groups is 1. The molecular formula is C8H8N2. The highest BCUT2D eigenvalue weighted by Gasteiger charge is 2.04. The number of hydrogen-bond acceptors (Lipinski definition) is 2. The van der Waals surface area contributed by atoms with Crippen LogP contribution in [0.15, 0.2) is 17.3 Å². The van der Waals surface area contributed by atoms with Gasteiger partial charge in [0.05, 0.1) is 6.54 Å². The molecular weight excluding hydrogens is 124 g/mol. The second-order valence-electron chi connectivity index (χ2n) is 2.49. The molecule has 0 saturated carbocycles. The van der Waals surface area contributed by atoms with Gasteiger partial charge in [-0.3, -0.25) is 9.98 Å². The van der Waals surface area contributed by atoms with Crippen molar-refractivity contribution in [1.29, 1.82) is 0 Å². The van der Waals surface area contributed by atoms with E-state index in [1.807, 2.05) is 19.3 Å². The van der Waals surface area contributed by atoms with Crippen molar-refractivity contribution in [2.75, 3.05) is 0 Å². The van der Waals surface area contributed by atoms with Crippen molar-refractivity contribution < 1.29 is 0 Å². The molecule has 50 valence electrons. The zero-order chi connectivity index (χ0) is 6.97. The number of aryl methyl sites for hydroxylation is 1. The number of nitrogens with zero attached hydrogens (tertiary/aromatic N) is 2. The smallest absolute Gasteiger partial charge is 0.0647 e. The highest BCUT2D eigenvalue weighted by atomic mass is 14.8. The summed E-state index contributed by atoms with van der Waals surface area (Å²) in [6.07, 6.45) is 3.75. The maximum absolute atomic E-state index is 4.16. The molecule has 0 fully saturated rings. The Kier molecular flexibility index (Phi) is 1.07. The molecule has 10 heavy (non-hydrogen) atoms. The SMILES string of the molecule is Cc1cc2c(cn1)C=NC2. The van der Waals surface area contributed by atoms with Crippen molar-refractivity contribution in [2.45, 2.75) is 13.5 Å². The molecule has 0 aliphatic carbocycles. The van der Waals surface area contributed by atoms with Crippen molar-refractivity contribution in [3.8, 4) is 0 Å². The number of hydrogen-bond donors (Lipinski definition) is 0. The fourth-order valence-corrected chi connectivity index (χ4v) is 1.12. The van der Waals surface area contributed by atoms with E-state index in [1.54, 1.807) is 0 Å². The van der Waals surface area contributed by atoms with Crippen molar-refractivity contribution >= 4 is 6.21 Å². The van der Waals surface area contributed by atoms with Crippen LogP contribution in [0.4, 0.5) is 0 Å². The topological polar surface area (TPSA) is 25.2 Å². The Hall–Kier alpha value is -1.18. The first-order chi connectivity index (χ1) is 4.86. The Morgan fingerprint density at radius 2 is 2.40 bits per heavy atom. The molecule has 2 nitrogen and oxygen atoms in total. The van der Waals surface area contributed by atoms with E-state index in [0.717, 1.165) is 12.2 Å². The first-order valence-corrected chi connectivity index (χ1v) is 3.31. The Balaban J connectivity index is 2.59. The summed E-state index contributed by atoms with van der Waals surface area (Å²) in [5, 5.41) is 0. The Morgan fingerprint density at radius 3 is 3.30 bits per heavy atom. The van der Waals surface area contributed by atoms with Crippen LogP contribution in [0.1, 0.15) is 16.8 Å². The monoisotopic (exact) mass is 132 g/mol. The van der Waals surface area contributed by atoms with Crippen LogP contribution in [0.2, 0.25) is 0 Å². The molecule has 0 bridgehead atoms. The van der Waals surface area contributed by atoms with Gasteiger partial charge < -0.3 is 0 Å². The molecule has 0 spiro atoms. The van der Waals surface area contributed by atoms with Crippen LogP contribution in [0.25, 0.3) is 0 Å². The molecule has 0 N–H and O–H groups in total. The third-order valence-electron chi connectivity index (χ3n) is 1.65. The van der Waals surface area contributed by atoms with Gasteiger partial charge in [0.2, 0.25) is 0 Å². The lowest BCUT2D eigenvalue weighted by Crippen LogP contribution is -1.88. The van der Waals surface area contributed by atoms with Gasteiger partial charge in [-0.1, -0.05) is 0 Å². The number of fused-ring (bicyclic) bond motifs is 1. The van der Waals surface area contributed by atoms with E-state index in [9.17, 15) is 0 Å². The van der Waals surface area contributed by atoms with E-state index < -0.39 is 0 Å². The highest BCUT2D eigenvalue weighted by Crippen LogP contribution is 2.13. The van der Waals surface area contributed by atoms with Crippen LogP contribution in [-0.2, 0) is 6.54 Å². The minimum absolute atomic E-state index is 0.832. The fourth-order valence-electron chi connectivity index (χ4n) is 1.12. The van der Waals surface area contributed by atoms with Crippen LogP contribution in [-0.4, -0.2) is 11.2 Å². The second kappa shape index (κ2) is 1.90. The average Bonchev–Trinajstić information content (AvgIpc) is 2.33. The van der Waals surface area contributed by atoms with Crippen molar-refractivity contribution in [2.24, 2.45) is 4.99 Å². The van der Waals surface area contributed by atoms with Gasteiger partial charge in [-0.15, -0.1) is 0 Å². The van der Waals surface area contributed by atoms with Crippen LogP contribution in [0.3, 0.4) is 0 Å². The minimum atomic E-state index is 0.832. The largest absolute Gasteiger partial charge is 0.288 e. The Morgan fingerprint density at radius 1 is 1.50 bits per heavy atom. The third kappa shape index (κ3) is 0.727. The van der Waals surface area contributed by atoms with Gasteiger partial charge in [0.25, 0.3) is 0 Å². The molecule has 1 aromatic heterocycles. The lowest BCUT2D eigenvalue weighted by Gasteiger charge is -1.95. The van der Waals surface area contributed by atoms with E-state index in [1.165, 1.54) is 11.1 Å². The molecule has 2 heteroatoms. The molecule has 0 atom stereocenters. The Bertz CT molecular complexity index is 289. The molecule has 2 rings (SSSR count). The number of pyridine rings is 1. The fraction of sp³-hybridized carbons (Fsp3) is 0.250. The first kappa shape index (κ1) is 5.59. The van der Waals surface area contributed by atoms with Gasteiger partial charge in [0.1, 0.15) is 0 Å². The van der Waals surface area contributed by atoms with E-state index >= 15 is 0 Å². The molecule has 0 saturated heterocycles. The molecule has 0 amide bonds. The maximum Gasteiger partial charge on any atom is 0.0647 e. The van der Waals surface area contributed by atoms with Crippen LogP contribution >= 0.6 is 0 Å². The van der Waals surface area contributed by atoms with E-state index in [4.69, 9.17) is 0 Å². The lowest BCUT2D eigenvalue weighted by molar-refractivity contribution is 1.08. The molecule has 0 unspecified atom stereocenters. The second-order valence-corrected chi connectivity index (χ2v) is 2.49. The summed E-state index contributed by atoms with van der Waals surface area (Å²) in [6.45, 7) is 2.83. The first-order valence-electron chi connectivity index (χ1n) is 3.31. The summed E-state index contributed by atoms with van der Waals surface area (Å²) >= 11 is 0. The summed E-state index contributed by atoms with van der Waals surface area (Å²) in [6, 6.07) is 2.09. The van der Waals surface area contributed by atoms with Crippen molar-refractivity contribution in [3.63, 3.8) is 0 Å². The maximum atomic E-state index is 4.16. The van der Waals surface area contributed by atoms with Gasteiger partial charge in [0.15, 0.2) is 0 Å². The predicted octanol–water partition coefficient (Wildman–Crippen LogP) is 1.32. The molecule has 1 aliphatic rings. The molecule has 2 heterocycles. The van der Waals surface area contributed by atoms with E-state index in [2.05, 4.69) is 16.0 Å². The zero-order valence-corrected chi connectivity index (χ0v) is 5.83. The van der Waals surface area contributed by atoms with E-state index in [-0.39, 0.29) is 0 Å². The van der Waals surface area contributed by atoms with Gasteiger partial charge in [-0.2, -0.15) is 0 Å². The highest BCUT2D eigenvalue weighted by molar-refractivity contribution is 5.83. The van der Waals surface area contributed by atoms with E-state index in [0.29, 0.717) is 0 Å². The molecule has 0 aromatic carbocycles. The number of aromatic nitrogens is 1. The zero-order valence-electron chi connectivity index (χ0n) is 5.83. The van der Waals surface area contributed by atoms with Crippen LogP contribution in [0.5, 0.6) is 0 Å².